The minimum absolute atomic E-state index is 0.164. The van der Waals surface area contributed by atoms with Gasteiger partial charge >= 0.3 is 0 Å². The van der Waals surface area contributed by atoms with Crippen LogP contribution in [0.1, 0.15) is 29.7 Å². The van der Waals surface area contributed by atoms with E-state index in [9.17, 15) is 4.79 Å². The number of methoxy groups -OCH3 is 2. The quantitative estimate of drug-likeness (QED) is 0.820. The summed E-state index contributed by atoms with van der Waals surface area (Å²) in [7, 11) is 3.15. The Morgan fingerprint density at radius 2 is 1.88 bits per heavy atom. The van der Waals surface area contributed by atoms with Crippen molar-refractivity contribution in [1.29, 1.82) is 5.26 Å². The molecule has 25 heavy (non-hydrogen) atoms. The second-order valence-corrected chi connectivity index (χ2v) is 5.41. The zero-order valence-electron chi connectivity index (χ0n) is 14.4. The van der Waals surface area contributed by atoms with Gasteiger partial charge in [0.05, 0.1) is 31.9 Å². The molecule has 0 bridgehead atoms. The maximum atomic E-state index is 12.1. The molecule has 128 valence electrons. The SMILES string of the molecule is COc1ccc(/C=C/C(=O)NC(C)c2ccc(C#N)cc2)c(OC)c1. The summed E-state index contributed by atoms with van der Waals surface area (Å²) in [6.07, 6.45) is 3.16. The molecular formula is C20H20N2O3. The molecular weight excluding hydrogens is 316 g/mol. The van der Waals surface area contributed by atoms with E-state index < -0.39 is 0 Å². The van der Waals surface area contributed by atoms with Crippen LogP contribution in [0.4, 0.5) is 0 Å². The lowest BCUT2D eigenvalue weighted by Crippen LogP contribution is -2.24. The Balaban J connectivity index is 2.03. The first-order valence-electron chi connectivity index (χ1n) is 7.78. The third-order valence-electron chi connectivity index (χ3n) is 3.75. The first-order chi connectivity index (χ1) is 12.1. The molecule has 5 nitrogen and oxygen atoms in total. The molecule has 0 saturated heterocycles. The monoisotopic (exact) mass is 336 g/mol. The lowest BCUT2D eigenvalue weighted by molar-refractivity contribution is -0.117. The highest BCUT2D eigenvalue weighted by molar-refractivity contribution is 5.92. The van der Waals surface area contributed by atoms with Gasteiger partial charge < -0.3 is 14.8 Å². The lowest BCUT2D eigenvalue weighted by atomic mass is 10.1. The van der Waals surface area contributed by atoms with Crippen molar-refractivity contribution in [3.8, 4) is 17.6 Å². The van der Waals surface area contributed by atoms with E-state index >= 15 is 0 Å². The van der Waals surface area contributed by atoms with Crippen LogP contribution in [0, 0.1) is 11.3 Å². The molecule has 2 rings (SSSR count). The standard InChI is InChI=1S/C20H20N2O3/c1-14(16-6-4-15(13-21)5-7-16)22-20(23)11-9-17-8-10-18(24-2)12-19(17)25-3/h4-12,14H,1-3H3,(H,22,23)/b11-9+. The van der Waals surface area contributed by atoms with Crippen LogP contribution >= 0.6 is 0 Å². The summed E-state index contributed by atoms with van der Waals surface area (Å²) in [6.45, 7) is 1.89. The molecule has 1 amide bonds. The molecule has 1 unspecified atom stereocenters. The molecule has 1 atom stereocenters. The molecule has 0 spiro atoms. The van der Waals surface area contributed by atoms with Crippen LogP contribution in [-0.2, 0) is 4.79 Å². The van der Waals surface area contributed by atoms with Crippen LogP contribution in [0.3, 0.4) is 0 Å². The zero-order valence-corrected chi connectivity index (χ0v) is 14.4. The average molecular weight is 336 g/mol. The van der Waals surface area contributed by atoms with Crippen molar-refractivity contribution >= 4 is 12.0 Å². The molecule has 2 aromatic carbocycles. The van der Waals surface area contributed by atoms with Gasteiger partial charge in [-0.25, -0.2) is 0 Å². The fourth-order valence-electron chi connectivity index (χ4n) is 2.31. The lowest BCUT2D eigenvalue weighted by Gasteiger charge is -2.13. The molecule has 0 aliphatic rings. The topological polar surface area (TPSA) is 71.3 Å². The highest BCUT2D eigenvalue weighted by Crippen LogP contribution is 2.25. The van der Waals surface area contributed by atoms with E-state index in [4.69, 9.17) is 14.7 Å². The Morgan fingerprint density at radius 3 is 2.48 bits per heavy atom. The van der Waals surface area contributed by atoms with Crippen molar-refractivity contribution in [1.82, 2.24) is 5.32 Å². The van der Waals surface area contributed by atoms with Crippen molar-refractivity contribution in [2.45, 2.75) is 13.0 Å². The van der Waals surface area contributed by atoms with Crippen LogP contribution in [-0.4, -0.2) is 20.1 Å². The number of hydrogen-bond acceptors (Lipinski definition) is 4. The molecule has 0 saturated carbocycles. The fraction of sp³-hybridized carbons (Fsp3) is 0.200. The Kier molecular flexibility index (Phi) is 6.19. The summed E-state index contributed by atoms with van der Waals surface area (Å²) >= 11 is 0. The second kappa shape index (κ2) is 8.55. The van der Waals surface area contributed by atoms with Gasteiger partial charge in [-0.1, -0.05) is 12.1 Å². The summed E-state index contributed by atoms with van der Waals surface area (Å²) in [6, 6.07) is 14.4. The predicted molar refractivity (Wildman–Crippen MR) is 96.3 cm³/mol. The van der Waals surface area contributed by atoms with E-state index in [2.05, 4.69) is 11.4 Å². The number of amides is 1. The van der Waals surface area contributed by atoms with Crippen molar-refractivity contribution < 1.29 is 14.3 Å². The van der Waals surface area contributed by atoms with Crippen LogP contribution in [0.25, 0.3) is 6.08 Å². The Bertz CT molecular complexity index is 805. The van der Waals surface area contributed by atoms with Crippen LogP contribution in [0.15, 0.2) is 48.5 Å². The van der Waals surface area contributed by atoms with E-state index in [0.29, 0.717) is 17.1 Å². The normalized spacial score (nSPS) is 11.6. The van der Waals surface area contributed by atoms with E-state index in [0.717, 1.165) is 11.1 Å². The summed E-state index contributed by atoms with van der Waals surface area (Å²) in [5, 5.41) is 11.7. The second-order valence-electron chi connectivity index (χ2n) is 5.41. The summed E-state index contributed by atoms with van der Waals surface area (Å²) in [4.78, 5) is 12.1. The molecule has 1 N–H and O–H groups in total. The number of ether oxygens (including phenoxy) is 2. The first-order valence-corrected chi connectivity index (χ1v) is 7.78. The minimum Gasteiger partial charge on any atom is -0.497 e. The number of nitriles is 1. The van der Waals surface area contributed by atoms with E-state index in [-0.39, 0.29) is 11.9 Å². The number of nitrogens with zero attached hydrogens (tertiary/aromatic N) is 1. The van der Waals surface area contributed by atoms with Gasteiger partial charge in [-0.15, -0.1) is 0 Å². The number of hydrogen-bond donors (Lipinski definition) is 1. The number of rotatable bonds is 6. The molecule has 0 radical (unpaired) electrons. The van der Waals surface area contributed by atoms with Gasteiger partial charge in [0, 0.05) is 17.7 Å². The van der Waals surface area contributed by atoms with Crippen molar-refractivity contribution in [2.24, 2.45) is 0 Å². The molecule has 0 fully saturated rings. The zero-order chi connectivity index (χ0) is 18.2. The maximum absolute atomic E-state index is 12.1. The largest absolute Gasteiger partial charge is 0.497 e. The highest BCUT2D eigenvalue weighted by Gasteiger charge is 2.08. The molecule has 2 aromatic rings. The molecule has 0 heterocycles. The number of carbonyl (C=O) groups excluding carboxylic acids is 1. The minimum atomic E-state index is -0.213. The van der Waals surface area contributed by atoms with Crippen LogP contribution in [0.2, 0.25) is 0 Å². The summed E-state index contributed by atoms with van der Waals surface area (Å²) in [5.74, 6) is 1.10. The first kappa shape index (κ1) is 18.1. The number of carbonyl (C=O) groups is 1. The molecule has 0 aromatic heterocycles. The van der Waals surface area contributed by atoms with Crippen molar-refractivity contribution in [3.63, 3.8) is 0 Å². The third kappa shape index (κ3) is 4.85. The predicted octanol–water partition coefficient (Wildman–Crippen LogP) is 3.47. The Hall–Kier alpha value is -3.26. The van der Waals surface area contributed by atoms with Gasteiger partial charge in [0.1, 0.15) is 11.5 Å². The third-order valence-corrected chi connectivity index (χ3v) is 3.75. The summed E-state index contributed by atoms with van der Waals surface area (Å²) < 4.78 is 10.5. The van der Waals surface area contributed by atoms with Gasteiger partial charge in [0.25, 0.3) is 0 Å². The maximum Gasteiger partial charge on any atom is 0.244 e. The molecule has 0 aliphatic heterocycles. The van der Waals surface area contributed by atoms with Gasteiger partial charge in [-0.3, -0.25) is 4.79 Å². The van der Waals surface area contributed by atoms with Gasteiger partial charge in [-0.2, -0.15) is 5.26 Å². The van der Waals surface area contributed by atoms with Crippen LogP contribution in [0.5, 0.6) is 11.5 Å². The number of benzene rings is 2. The van der Waals surface area contributed by atoms with E-state index in [1.807, 2.05) is 25.1 Å². The summed E-state index contributed by atoms with van der Waals surface area (Å²) in [5.41, 5.74) is 2.31. The Morgan fingerprint density at radius 1 is 1.16 bits per heavy atom. The van der Waals surface area contributed by atoms with E-state index in [1.54, 1.807) is 44.6 Å². The fourth-order valence-corrected chi connectivity index (χ4v) is 2.31. The average Bonchev–Trinajstić information content (AvgIpc) is 2.66. The van der Waals surface area contributed by atoms with Gasteiger partial charge in [0.2, 0.25) is 5.91 Å². The van der Waals surface area contributed by atoms with Gasteiger partial charge in [-0.05, 0) is 42.8 Å². The van der Waals surface area contributed by atoms with E-state index in [1.165, 1.54) is 6.08 Å². The van der Waals surface area contributed by atoms with Gasteiger partial charge in [0.15, 0.2) is 0 Å². The van der Waals surface area contributed by atoms with Crippen molar-refractivity contribution in [2.75, 3.05) is 14.2 Å². The smallest absolute Gasteiger partial charge is 0.244 e. The Labute approximate surface area is 147 Å². The molecule has 0 aliphatic carbocycles. The molecule has 5 heteroatoms. The highest BCUT2D eigenvalue weighted by atomic mass is 16.5. The van der Waals surface area contributed by atoms with Crippen molar-refractivity contribution in [3.05, 3.63) is 65.2 Å². The van der Waals surface area contributed by atoms with Crippen LogP contribution < -0.4 is 14.8 Å². The number of nitrogens with one attached hydrogen (secondary N) is 1.